The Bertz CT molecular complexity index is 902. The third kappa shape index (κ3) is 3.83. The van der Waals surface area contributed by atoms with E-state index in [-0.39, 0.29) is 12.5 Å². The highest BCUT2D eigenvalue weighted by Crippen LogP contribution is 2.21. The number of rotatable bonds is 5. The summed E-state index contributed by atoms with van der Waals surface area (Å²) >= 11 is 3.45. The van der Waals surface area contributed by atoms with Crippen molar-refractivity contribution in [3.8, 4) is 5.75 Å². The minimum absolute atomic E-state index is 0.0817. The zero-order valence-corrected chi connectivity index (χ0v) is 14.6. The van der Waals surface area contributed by atoms with Crippen LogP contribution in [0.4, 0.5) is 0 Å². The molecule has 1 aromatic heterocycles. The molecule has 0 aliphatic carbocycles. The molecule has 3 aromatic rings. The van der Waals surface area contributed by atoms with Crippen molar-refractivity contribution in [2.45, 2.75) is 6.92 Å². The number of aromatic amines is 1. The number of aromatic nitrogens is 1. The van der Waals surface area contributed by atoms with Gasteiger partial charge in [-0.2, -0.15) is 5.10 Å². The monoisotopic (exact) mass is 385 g/mol. The maximum Gasteiger partial charge on any atom is 0.277 e. The number of carbonyl (C=O) groups excluding carboxylic acids is 1. The first-order valence-electron chi connectivity index (χ1n) is 7.40. The maximum absolute atomic E-state index is 11.8. The van der Waals surface area contributed by atoms with Gasteiger partial charge in [0.2, 0.25) is 0 Å². The van der Waals surface area contributed by atoms with Gasteiger partial charge in [-0.05, 0) is 36.8 Å². The van der Waals surface area contributed by atoms with Gasteiger partial charge >= 0.3 is 0 Å². The summed E-state index contributed by atoms with van der Waals surface area (Å²) in [6.07, 6.45) is 3.45. The second-order valence-electron chi connectivity index (χ2n) is 5.28. The third-order valence-electron chi connectivity index (χ3n) is 3.52. The number of carbonyl (C=O) groups is 1. The number of fused-ring (bicyclic) bond motifs is 1. The Morgan fingerprint density at radius 2 is 2.17 bits per heavy atom. The minimum Gasteiger partial charge on any atom is -0.483 e. The summed E-state index contributed by atoms with van der Waals surface area (Å²) in [5.74, 6) is 0.383. The molecule has 3 rings (SSSR count). The molecule has 0 unspecified atom stereocenters. The highest BCUT2D eigenvalue weighted by Gasteiger charge is 2.04. The molecule has 0 spiro atoms. The Hall–Kier alpha value is -2.60. The summed E-state index contributed by atoms with van der Waals surface area (Å²) in [5, 5.41) is 5.01. The summed E-state index contributed by atoms with van der Waals surface area (Å²) in [4.78, 5) is 15.0. The number of nitrogens with zero attached hydrogens (tertiary/aromatic N) is 1. The van der Waals surface area contributed by atoms with E-state index in [4.69, 9.17) is 4.74 Å². The average Bonchev–Trinajstić information content (AvgIpc) is 2.96. The summed E-state index contributed by atoms with van der Waals surface area (Å²) < 4.78 is 6.46. The van der Waals surface area contributed by atoms with Crippen LogP contribution in [0.3, 0.4) is 0 Å². The van der Waals surface area contributed by atoms with Crippen LogP contribution in [0.2, 0.25) is 0 Å². The van der Waals surface area contributed by atoms with Crippen LogP contribution in [0.15, 0.2) is 58.2 Å². The molecule has 5 nitrogen and oxygen atoms in total. The second-order valence-corrected chi connectivity index (χ2v) is 6.20. The lowest BCUT2D eigenvalue weighted by molar-refractivity contribution is -0.123. The Balaban J connectivity index is 1.58. The molecule has 0 aliphatic heterocycles. The van der Waals surface area contributed by atoms with E-state index >= 15 is 0 Å². The number of para-hydroxylation sites is 1. The van der Waals surface area contributed by atoms with Gasteiger partial charge in [0.1, 0.15) is 5.75 Å². The summed E-state index contributed by atoms with van der Waals surface area (Å²) in [7, 11) is 0. The van der Waals surface area contributed by atoms with Crippen LogP contribution in [-0.2, 0) is 4.79 Å². The van der Waals surface area contributed by atoms with Gasteiger partial charge in [0.25, 0.3) is 5.91 Å². The van der Waals surface area contributed by atoms with Gasteiger partial charge < -0.3 is 9.72 Å². The minimum atomic E-state index is -0.310. The molecule has 6 heteroatoms. The third-order valence-corrected chi connectivity index (χ3v) is 4.01. The van der Waals surface area contributed by atoms with E-state index in [9.17, 15) is 4.79 Å². The molecule has 122 valence electrons. The fourth-order valence-corrected chi connectivity index (χ4v) is 2.65. The van der Waals surface area contributed by atoms with Crippen LogP contribution in [-0.4, -0.2) is 23.7 Å². The molecule has 0 saturated heterocycles. The fourth-order valence-electron chi connectivity index (χ4n) is 2.29. The molecule has 0 aliphatic rings. The molecule has 1 heterocycles. The summed E-state index contributed by atoms with van der Waals surface area (Å²) in [5.41, 5.74) is 5.36. The number of hydrogen-bond donors (Lipinski definition) is 2. The summed E-state index contributed by atoms with van der Waals surface area (Å²) in [6.45, 7) is 1.85. The van der Waals surface area contributed by atoms with Gasteiger partial charge in [0.15, 0.2) is 6.61 Å². The van der Waals surface area contributed by atoms with Gasteiger partial charge in [0, 0.05) is 27.1 Å². The van der Waals surface area contributed by atoms with E-state index in [0.29, 0.717) is 5.75 Å². The quantitative estimate of drug-likeness (QED) is 0.518. The molecular weight excluding hydrogens is 370 g/mol. The normalized spacial score (nSPS) is 11.1. The number of amides is 1. The van der Waals surface area contributed by atoms with Gasteiger partial charge in [-0.1, -0.05) is 34.1 Å². The maximum atomic E-state index is 11.8. The van der Waals surface area contributed by atoms with Gasteiger partial charge in [0.05, 0.1) is 6.21 Å². The number of nitrogens with one attached hydrogen (secondary N) is 2. The predicted octanol–water partition coefficient (Wildman–Crippen LogP) is 3.77. The predicted molar refractivity (Wildman–Crippen MR) is 98.4 cm³/mol. The standard InChI is InChI=1S/C18H16BrN3O2/c1-12-4-2-3-5-17(12)24-11-18(23)22-21-10-13-9-20-16-7-6-14(19)8-15(13)16/h2-10,20H,11H2,1H3,(H,22,23)/b21-10-. The number of ether oxygens (including phenoxy) is 1. The number of aryl methyl sites for hydroxylation is 1. The van der Waals surface area contributed by atoms with Crippen LogP contribution in [0, 0.1) is 6.92 Å². The van der Waals surface area contributed by atoms with Crippen LogP contribution in [0.5, 0.6) is 5.75 Å². The molecule has 1 amide bonds. The Morgan fingerprint density at radius 3 is 3.00 bits per heavy atom. The lowest BCUT2D eigenvalue weighted by Gasteiger charge is -2.07. The number of hydrazone groups is 1. The van der Waals surface area contributed by atoms with Gasteiger partial charge in [-0.15, -0.1) is 0 Å². The average molecular weight is 386 g/mol. The molecule has 0 atom stereocenters. The van der Waals surface area contributed by atoms with E-state index in [1.54, 1.807) is 6.21 Å². The fraction of sp³-hybridized carbons (Fsp3) is 0.111. The Morgan fingerprint density at radius 1 is 1.33 bits per heavy atom. The van der Waals surface area contributed by atoms with Crippen molar-refractivity contribution in [2.24, 2.45) is 5.10 Å². The number of benzene rings is 2. The largest absolute Gasteiger partial charge is 0.483 e. The zero-order valence-electron chi connectivity index (χ0n) is 13.0. The zero-order chi connectivity index (χ0) is 16.9. The van der Waals surface area contributed by atoms with Crippen molar-refractivity contribution in [1.29, 1.82) is 0 Å². The molecule has 2 aromatic carbocycles. The van der Waals surface area contributed by atoms with Crippen molar-refractivity contribution in [1.82, 2.24) is 10.4 Å². The Kier molecular flexibility index (Phi) is 4.96. The van der Waals surface area contributed by atoms with E-state index in [2.05, 4.69) is 31.4 Å². The first-order valence-corrected chi connectivity index (χ1v) is 8.20. The molecule has 0 saturated carbocycles. The molecule has 2 N–H and O–H groups in total. The highest BCUT2D eigenvalue weighted by atomic mass is 79.9. The van der Waals surface area contributed by atoms with Crippen LogP contribution < -0.4 is 10.2 Å². The van der Waals surface area contributed by atoms with Crippen LogP contribution in [0.25, 0.3) is 10.9 Å². The van der Waals surface area contributed by atoms with E-state index < -0.39 is 0 Å². The van der Waals surface area contributed by atoms with E-state index in [1.807, 2.05) is 55.6 Å². The topological polar surface area (TPSA) is 66.5 Å². The van der Waals surface area contributed by atoms with Gasteiger partial charge in [-0.25, -0.2) is 5.43 Å². The van der Waals surface area contributed by atoms with E-state index in [1.165, 1.54) is 0 Å². The van der Waals surface area contributed by atoms with Crippen molar-refractivity contribution in [3.05, 3.63) is 64.3 Å². The first kappa shape index (κ1) is 16.3. The van der Waals surface area contributed by atoms with Crippen molar-refractivity contribution >= 4 is 39.0 Å². The smallest absolute Gasteiger partial charge is 0.277 e. The molecule has 0 bridgehead atoms. The molecule has 24 heavy (non-hydrogen) atoms. The number of halogens is 1. The lowest BCUT2D eigenvalue weighted by Crippen LogP contribution is -2.24. The van der Waals surface area contributed by atoms with Crippen LogP contribution in [0.1, 0.15) is 11.1 Å². The SMILES string of the molecule is Cc1ccccc1OCC(=O)N/N=C\c1c[nH]c2ccc(Br)cc12. The number of H-pyrrole nitrogens is 1. The lowest BCUT2D eigenvalue weighted by atomic mass is 10.2. The van der Waals surface area contributed by atoms with Gasteiger partial charge in [-0.3, -0.25) is 4.79 Å². The van der Waals surface area contributed by atoms with Crippen molar-refractivity contribution in [2.75, 3.05) is 6.61 Å². The second kappa shape index (κ2) is 7.31. The van der Waals surface area contributed by atoms with Crippen molar-refractivity contribution in [3.63, 3.8) is 0 Å². The summed E-state index contributed by atoms with van der Waals surface area (Å²) in [6, 6.07) is 13.5. The molecule has 0 radical (unpaired) electrons. The van der Waals surface area contributed by atoms with Crippen LogP contribution >= 0.6 is 15.9 Å². The first-order chi connectivity index (χ1) is 11.6. The molecular formula is C18H16BrN3O2. The Labute approximate surface area is 147 Å². The highest BCUT2D eigenvalue weighted by molar-refractivity contribution is 9.10. The van der Waals surface area contributed by atoms with E-state index in [0.717, 1.165) is 26.5 Å². The van der Waals surface area contributed by atoms with Crippen molar-refractivity contribution < 1.29 is 9.53 Å². The molecule has 0 fully saturated rings. The number of hydrogen-bond acceptors (Lipinski definition) is 3.